The van der Waals surface area contributed by atoms with Crippen molar-refractivity contribution < 1.29 is 4.74 Å². The van der Waals surface area contributed by atoms with Gasteiger partial charge in [0.15, 0.2) is 0 Å². The summed E-state index contributed by atoms with van der Waals surface area (Å²) in [5.41, 5.74) is 3.69. The number of nitrogens with one attached hydrogen (secondary N) is 3. The second-order valence-corrected chi connectivity index (χ2v) is 8.45. The summed E-state index contributed by atoms with van der Waals surface area (Å²) in [6, 6.07) is 10.9. The van der Waals surface area contributed by atoms with Gasteiger partial charge in [0, 0.05) is 49.2 Å². The lowest BCUT2D eigenvalue weighted by atomic mass is 10.1. The lowest BCUT2D eigenvalue weighted by Crippen LogP contribution is -2.54. The third-order valence-electron chi connectivity index (χ3n) is 5.84. The molecule has 9 nitrogen and oxygen atoms in total. The van der Waals surface area contributed by atoms with E-state index in [9.17, 15) is 0 Å². The van der Waals surface area contributed by atoms with Crippen molar-refractivity contribution in [1.29, 1.82) is 0 Å². The zero-order valence-corrected chi connectivity index (χ0v) is 19.0. The largest absolute Gasteiger partial charge is 0.481 e. The fraction of sp³-hybridized carbons (Fsp3) is 0.333. The summed E-state index contributed by atoms with van der Waals surface area (Å²) in [6.45, 7) is 6.87. The van der Waals surface area contributed by atoms with Crippen LogP contribution in [0.5, 0.6) is 5.88 Å². The van der Waals surface area contributed by atoms with Crippen LogP contribution in [0, 0.1) is 0 Å². The second-order valence-electron chi connectivity index (χ2n) is 8.45. The van der Waals surface area contributed by atoms with Gasteiger partial charge in [-0.3, -0.25) is 0 Å². The zero-order valence-electron chi connectivity index (χ0n) is 19.0. The van der Waals surface area contributed by atoms with E-state index in [4.69, 9.17) is 9.72 Å². The van der Waals surface area contributed by atoms with Crippen molar-refractivity contribution in [2.75, 3.05) is 30.4 Å². The van der Waals surface area contributed by atoms with Gasteiger partial charge in [0.2, 0.25) is 5.88 Å². The lowest BCUT2D eigenvalue weighted by molar-refractivity contribution is 0.398. The Labute approximate surface area is 192 Å². The van der Waals surface area contributed by atoms with E-state index in [1.165, 1.54) is 0 Å². The molecule has 0 aromatic carbocycles. The minimum absolute atomic E-state index is 0.436. The van der Waals surface area contributed by atoms with Gasteiger partial charge in [-0.15, -0.1) is 0 Å². The molecule has 5 heterocycles. The van der Waals surface area contributed by atoms with E-state index in [1.54, 1.807) is 19.6 Å². The van der Waals surface area contributed by atoms with Gasteiger partial charge >= 0.3 is 0 Å². The van der Waals surface area contributed by atoms with Gasteiger partial charge in [-0.05, 0) is 37.6 Å². The Kier molecular flexibility index (Phi) is 5.78. The van der Waals surface area contributed by atoms with Gasteiger partial charge in [0.25, 0.3) is 0 Å². The number of ether oxygens (including phenoxy) is 1. The van der Waals surface area contributed by atoms with Crippen LogP contribution in [0.1, 0.15) is 19.5 Å². The normalized spacial score (nSPS) is 18.5. The zero-order chi connectivity index (χ0) is 22.8. The van der Waals surface area contributed by atoms with Crippen LogP contribution in [0.3, 0.4) is 0 Å². The third-order valence-corrected chi connectivity index (χ3v) is 5.84. The molecule has 170 valence electrons. The van der Waals surface area contributed by atoms with E-state index in [2.05, 4.69) is 61.4 Å². The maximum absolute atomic E-state index is 5.29. The summed E-state index contributed by atoms with van der Waals surface area (Å²) in [4.78, 5) is 23.6. The highest BCUT2D eigenvalue weighted by atomic mass is 16.5. The number of aromatic amines is 1. The first-order chi connectivity index (χ1) is 16.1. The highest BCUT2D eigenvalue weighted by Crippen LogP contribution is 2.33. The Morgan fingerprint density at radius 1 is 1.12 bits per heavy atom. The van der Waals surface area contributed by atoms with Crippen LogP contribution in [0.2, 0.25) is 0 Å². The molecular formula is C24H28N8O. The topological polar surface area (TPSA) is 104 Å². The molecule has 0 saturated carbocycles. The van der Waals surface area contributed by atoms with Crippen molar-refractivity contribution in [3.63, 3.8) is 0 Å². The van der Waals surface area contributed by atoms with Crippen LogP contribution in [0.25, 0.3) is 22.2 Å². The molecule has 3 N–H and O–H groups in total. The molecule has 5 rings (SSSR count). The Bertz CT molecular complexity index is 1250. The summed E-state index contributed by atoms with van der Waals surface area (Å²) in [6.07, 6.45) is 5.23. The average Bonchev–Trinajstić information content (AvgIpc) is 3.27. The van der Waals surface area contributed by atoms with Crippen LogP contribution in [-0.2, 0) is 6.54 Å². The number of hydrogen-bond donors (Lipinski definition) is 3. The monoisotopic (exact) mass is 444 g/mol. The predicted molar refractivity (Wildman–Crippen MR) is 130 cm³/mol. The maximum Gasteiger partial charge on any atom is 0.213 e. The van der Waals surface area contributed by atoms with Crippen LogP contribution >= 0.6 is 0 Å². The van der Waals surface area contributed by atoms with Crippen molar-refractivity contribution in [2.24, 2.45) is 0 Å². The molecule has 9 heteroatoms. The lowest BCUT2D eigenvalue weighted by Gasteiger charge is -2.37. The van der Waals surface area contributed by atoms with Gasteiger partial charge in [-0.25, -0.2) is 19.9 Å². The molecule has 4 aromatic heterocycles. The van der Waals surface area contributed by atoms with Gasteiger partial charge in [0.05, 0.1) is 24.7 Å². The number of pyridine rings is 2. The molecule has 1 aliphatic heterocycles. The minimum Gasteiger partial charge on any atom is -0.481 e. The van der Waals surface area contributed by atoms with Crippen molar-refractivity contribution in [2.45, 2.75) is 32.5 Å². The van der Waals surface area contributed by atoms with Crippen LogP contribution in [0.15, 0.2) is 49.1 Å². The number of H-pyrrole nitrogens is 1. The van der Waals surface area contributed by atoms with E-state index in [-0.39, 0.29) is 0 Å². The number of hydrogen-bond acceptors (Lipinski definition) is 8. The first-order valence-corrected chi connectivity index (χ1v) is 11.1. The molecule has 1 saturated heterocycles. The third kappa shape index (κ3) is 4.45. The number of methoxy groups -OCH3 is 1. The highest BCUT2D eigenvalue weighted by Gasteiger charge is 2.22. The summed E-state index contributed by atoms with van der Waals surface area (Å²) < 4.78 is 5.29. The number of anilines is 2. The molecule has 0 aliphatic carbocycles. The summed E-state index contributed by atoms with van der Waals surface area (Å²) in [5, 5.41) is 7.96. The maximum atomic E-state index is 5.29. The van der Waals surface area contributed by atoms with Crippen molar-refractivity contribution in [3.8, 4) is 17.0 Å². The Balaban J connectivity index is 1.40. The van der Waals surface area contributed by atoms with Gasteiger partial charge < -0.3 is 25.3 Å². The molecule has 2 atom stereocenters. The fourth-order valence-electron chi connectivity index (χ4n) is 4.44. The number of nitrogens with zero attached hydrogens (tertiary/aromatic N) is 5. The van der Waals surface area contributed by atoms with E-state index in [1.807, 2.05) is 24.4 Å². The summed E-state index contributed by atoms with van der Waals surface area (Å²) in [5.74, 6) is 2.32. The number of aromatic nitrogens is 5. The fourth-order valence-corrected chi connectivity index (χ4v) is 4.44. The quantitative estimate of drug-likeness (QED) is 0.416. The number of piperazine rings is 1. The van der Waals surface area contributed by atoms with Crippen LogP contribution < -0.4 is 20.3 Å². The minimum atomic E-state index is 0.436. The summed E-state index contributed by atoms with van der Waals surface area (Å²) >= 11 is 0. The van der Waals surface area contributed by atoms with Crippen molar-refractivity contribution in [1.82, 2.24) is 30.2 Å². The molecule has 0 unspecified atom stereocenters. The van der Waals surface area contributed by atoms with Gasteiger partial charge in [0.1, 0.15) is 23.6 Å². The van der Waals surface area contributed by atoms with Gasteiger partial charge in [-0.2, -0.15) is 0 Å². The smallest absolute Gasteiger partial charge is 0.213 e. The Morgan fingerprint density at radius 2 is 1.97 bits per heavy atom. The van der Waals surface area contributed by atoms with E-state index < -0.39 is 0 Å². The Hall–Kier alpha value is -3.72. The van der Waals surface area contributed by atoms with Crippen LogP contribution in [0.4, 0.5) is 11.6 Å². The molecule has 1 aliphatic rings. The van der Waals surface area contributed by atoms with Gasteiger partial charge in [-0.1, -0.05) is 6.07 Å². The molecule has 0 radical (unpaired) electrons. The average molecular weight is 445 g/mol. The second kappa shape index (κ2) is 9.03. The first kappa shape index (κ1) is 21.1. The van der Waals surface area contributed by atoms with E-state index in [0.717, 1.165) is 52.6 Å². The number of fused-ring (bicyclic) bond motifs is 1. The SMILES string of the molecule is COc1cc(-c2c[nH]c3ncnc(NCc4cccc(N5C[C@@H](C)N[C@@H](C)C5)n4)c23)ccn1. The van der Waals surface area contributed by atoms with E-state index in [0.29, 0.717) is 24.5 Å². The molecular weight excluding hydrogens is 416 g/mol. The number of rotatable bonds is 6. The molecule has 0 spiro atoms. The molecule has 0 amide bonds. The Morgan fingerprint density at radius 3 is 2.79 bits per heavy atom. The predicted octanol–water partition coefficient (Wildman–Crippen LogP) is 3.22. The molecule has 4 aromatic rings. The molecule has 33 heavy (non-hydrogen) atoms. The van der Waals surface area contributed by atoms with Crippen molar-refractivity contribution in [3.05, 3.63) is 54.7 Å². The van der Waals surface area contributed by atoms with Crippen LogP contribution in [-0.4, -0.2) is 57.2 Å². The standard InChI is InChI=1S/C24H28N8O/c1-15-12-32(13-16(2)30-15)20-6-4-5-18(31-20)10-26-23-22-19(11-27-24(22)29-14-28-23)17-7-8-25-21(9-17)33-3/h4-9,11,14-16,30H,10,12-13H2,1-3H3,(H2,26,27,28,29)/t15-,16+. The summed E-state index contributed by atoms with van der Waals surface area (Å²) in [7, 11) is 1.61. The molecule has 1 fully saturated rings. The van der Waals surface area contributed by atoms with E-state index >= 15 is 0 Å². The first-order valence-electron chi connectivity index (χ1n) is 11.1. The molecule has 0 bridgehead atoms. The highest BCUT2D eigenvalue weighted by molar-refractivity contribution is 6.00. The van der Waals surface area contributed by atoms with Crippen molar-refractivity contribution >= 4 is 22.7 Å².